The van der Waals surface area contributed by atoms with Gasteiger partial charge in [-0.2, -0.15) is 0 Å². The molecular formula is C18H16O5S. The van der Waals surface area contributed by atoms with Crippen LogP contribution in [0.4, 0.5) is 0 Å². The van der Waals surface area contributed by atoms with Gasteiger partial charge >= 0.3 is 5.97 Å². The molecule has 1 aliphatic heterocycles. The minimum Gasteiger partial charge on any atom is -0.457 e. The molecule has 0 radical (unpaired) electrons. The molecule has 0 saturated carbocycles. The van der Waals surface area contributed by atoms with E-state index in [0.29, 0.717) is 11.1 Å². The molecule has 0 aromatic heterocycles. The van der Waals surface area contributed by atoms with Gasteiger partial charge in [0.2, 0.25) is 0 Å². The van der Waals surface area contributed by atoms with Crippen LogP contribution in [0.3, 0.4) is 0 Å². The lowest BCUT2D eigenvalue weighted by atomic mass is 9.96. The third-order valence-corrected chi connectivity index (χ3v) is 5.04. The fourth-order valence-electron chi connectivity index (χ4n) is 2.61. The highest BCUT2D eigenvalue weighted by Crippen LogP contribution is 2.33. The molecule has 2 aromatic carbocycles. The van der Waals surface area contributed by atoms with Gasteiger partial charge in [-0.05, 0) is 28.8 Å². The number of benzene rings is 2. The van der Waals surface area contributed by atoms with Gasteiger partial charge in [-0.1, -0.05) is 36.4 Å². The molecule has 0 unspecified atom stereocenters. The van der Waals surface area contributed by atoms with Gasteiger partial charge in [-0.3, -0.25) is 0 Å². The fraction of sp³-hybridized carbons (Fsp3) is 0.167. The minimum absolute atomic E-state index is 0.0659. The van der Waals surface area contributed by atoms with Crippen LogP contribution < -0.4 is 0 Å². The van der Waals surface area contributed by atoms with Crippen LogP contribution in [0.15, 0.2) is 53.4 Å². The summed E-state index contributed by atoms with van der Waals surface area (Å²) in [6.45, 7) is 0.0811. The van der Waals surface area contributed by atoms with E-state index in [2.05, 4.69) is 0 Å². The summed E-state index contributed by atoms with van der Waals surface area (Å²) in [5, 5.41) is 9.11. The van der Waals surface area contributed by atoms with E-state index in [1.165, 1.54) is 12.1 Å². The molecule has 0 fully saturated rings. The first-order valence-corrected chi connectivity index (χ1v) is 9.20. The predicted octanol–water partition coefficient (Wildman–Crippen LogP) is 2.05. The lowest BCUT2D eigenvalue weighted by Crippen LogP contribution is -1.99. The number of carbonyl (C=O) groups excluding carboxylic acids is 1. The van der Waals surface area contributed by atoms with Crippen LogP contribution in [0.5, 0.6) is 0 Å². The van der Waals surface area contributed by atoms with Gasteiger partial charge in [0.05, 0.1) is 17.1 Å². The summed E-state index contributed by atoms with van der Waals surface area (Å²) in [4.78, 5) is 12.3. The summed E-state index contributed by atoms with van der Waals surface area (Å²) >= 11 is 0. The van der Waals surface area contributed by atoms with E-state index in [9.17, 15) is 13.2 Å². The summed E-state index contributed by atoms with van der Waals surface area (Å²) in [6, 6.07) is 13.4. The number of hydrogen-bond donors (Lipinski definition) is 1. The fourth-order valence-corrected chi connectivity index (χ4v) is 3.24. The summed E-state index contributed by atoms with van der Waals surface area (Å²) in [6.07, 6.45) is 1.15. The highest BCUT2D eigenvalue weighted by molar-refractivity contribution is 7.90. The van der Waals surface area contributed by atoms with Gasteiger partial charge in [0, 0.05) is 11.8 Å². The van der Waals surface area contributed by atoms with E-state index in [-0.39, 0.29) is 18.1 Å². The molecule has 0 bridgehead atoms. The standard InChI is InChI=1S/C18H16O5S/c1-24(21,22)15-8-6-13(7-9-15)16-11-23-18(20)17(16)14-4-2-12(10-19)3-5-14/h2-9,19H,10-11H2,1H3. The molecular weight excluding hydrogens is 328 g/mol. The highest BCUT2D eigenvalue weighted by atomic mass is 32.2. The maximum absolute atomic E-state index is 12.1. The van der Waals surface area contributed by atoms with Gasteiger partial charge in [-0.15, -0.1) is 0 Å². The predicted molar refractivity (Wildman–Crippen MR) is 89.7 cm³/mol. The van der Waals surface area contributed by atoms with Crippen molar-refractivity contribution in [3.63, 3.8) is 0 Å². The smallest absolute Gasteiger partial charge is 0.339 e. The maximum Gasteiger partial charge on any atom is 0.339 e. The lowest BCUT2D eigenvalue weighted by Gasteiger charge is -2.06. The zero-order chi connectivity index (χ0) is 17.3. The number of carbonyl (C=O) groups is 1. The number of cyclic esters (lactones) is 1. The maximum atomic E-state index is 12.1. The average Bonchev–Trinajstić information content (AvgIpc) is 2.96. The Morgan fingerprint density at radius 1 is 1.00 bits per heavy atom. The zero-order valence-corrected chi connectivity index (χ0v) is 13.8. The largest absolute Gasteiger partial charge is 0.457 e. The van der Waals surface area contributed by atoms with Crippen LogP contribution in [-0.2, 0) is 26.0 Å². The Hall–Kier alpha value is -2.44. The van der Waals surface area contributed by atoms with Crippen LogP contribution >= 0.6 is 0 Å². The van der Waals surface area contributed by atoms with Gasteiger partial charge in [0.15, 0.2) is 9.84 Å². The van der Waals surface area contributed by atoms with Gasteiger partial charge in [0.1, 0.15) is 6.61 Å². The number of aliphatic hydroxyl groups is 1. The van der Waals surface area contributed by atoms with Crippen molar-refractivity contribution >= 4 is 27.0 Å². The number of esters is 1. The van der Waals surface area contributed by atoms with Crippen molar-refractivity contribution in [2.75, 3.05) is 12.9 Å². The summed E-state index contributed by atoms with van der Waals surface area (Å²) < 4.78 is 28.3. The topological polar surface area (TPSA) is 80.7 Å². The molecule has 0 aliphatic carbocycles. The zero-order valence-electron chi connectivity index (χ0n) is 13.0. The SMILES string of the molecule is CS(=O)(=O)c1ccc(C2=C(c3ccc(CO)cc3)C(=O)OC2)cc1. The molecule has 0 atom stereocenters. The first-order valence-electron chi connectivity index (χ1n) is 7.31. The molecule has 24 heavy (non-hydrogen) atoms. The van der Waals surface area contributed by atoms with Gasteiger partial charge < -0.3 is 9.84 Å². The third-order valence-electron chi connectivity index (χ3n) is 3.91. The van der Waals surface area contributed by atoms with Crippen LogP contribution in [-0.4, -0.2) is 32.4 Å². The second-order valence-electron chi connectivity index (χ2n) is 5.58. The van der Waals surface area contributed by atoms with E-state index in [1.807, 2.05) is 0 Å². The summed E-state index contributed by atoms with van der Waals surface area (Å²) in [5.41, 5.74) is 3.39. The second kappa shape index (κ2) is 6.22. The first-order chi connectivity index (χ1) is 11.4. The number of hydrogen-bond acceptors (Lipinski definition) is 5. The van der Waals surface area contributed by atoms with Crippen molar-refractivity contribution < 1.29 is 23.1 Å². The summed E-state index contributed by atoms with van der Waals surface area (Å²) in [7, 11) is -3.27. The van der Waals surface area contributed by atoms with Crippen molar-refractivity contribution in [3.8, 4) is 0 Å². The normalized spacial score (nSPS) is 14.8. The van der Waals surface area contributed by atoms with Crippen LogP contribution in [0, 0.1) is 0 Å². The third kappa shape index (κ3) is 3.11. The number of ether oxygens (including phenoxy) is 1. The van der Waals surface area contributed by atoms with E-state index in [4.69, 9.17) is 9.84 Å². The Bertz CT molecular complexity index is 907. The van der Waals surface area contributed by atoms with Crippen molar-refractivity contribution in [1.82, 2.24) is 0 Å². The molecule has 5 nitrogen and oxygen atoms in total. The van der Waals surface area contributed by atoms with E-state index < -0.39 is 15.8 Å². The Balaban J connectivity index is 2.05. The Kier molecular flexibility index (Phi) is 4.26. The van der Waals surface area contributed by atoms with Gasteiger partial charge in [0.25, 0.3) is 0 Å². The number of rotatable bonds is 4. The van der Waals surface area contributed by atoms with E-state index >= 15 is 0 Å². The minimum atomic E-state index is -3.27. The molecule has 124 valence electrons. The van der Waals surface area contributed by atoms with Crippen molar-refractivity contribution in [2.45, 2.75) is 11.5 Å². The molecule has 1 aliphatic rings. The number of aliphatic hydroxyl groups excluding tert-OH is 1. The molecule has 0 amide bonds. The van der Waals surface area contributed by atoms with Crippen LogP contribution in [0.1, 0.15) is 16.7 Å². The van der Waals surface area contributed by atoms with E-state index in [1.54, 1.807) is 36.4 Å². The Morgan fingerprint density at radius 3 is 2.12 bits per heavy atom. The quantitative estimate of drug-likeness (QED) is 0.859. The van der Waals surface area contributed by atoms with Crippen LogP contribution in [0.25, 0.3) is 11.1 Å². The van der Waals surface area contributed by atoms with Gasteiger partial charge in [-0.25, -0.2) is 13.2 Å². The average molecular weight is 344 g/mol. The van der Waals surface area contributed by atoms with E-state index in [0.717, 1.165) is 23.0 Å². The second-order valence-corrected chi connectivity index (χ2v) is 7.60. The molecule has 1 heterocycles. The molecule has 1 N–H and O–H groups in total. The summed E-state index contributed by atoms with van der Waals surface area (Å²) in [5.74, 6) is -0.408. The number of sulfone groups is 1. The monoisotopic (exact) mass is 344 g/mol. The Labute approximate surface area is 140 Å². The molecule has 2 aromatic rings. The molecule has 0 spiro atoms. The van der Waals surface area contributed by atoms with Crippen molar-refractivity contribution in [2.24, 2.45) is 0 Å². The highest BCUT2D eigenvalue weighted by Gasteiger charge is 2.27. The lowest BCUT2D eigenvalue weighted by molar-refractivity contribution is -0.133. The molecule has 3 rings (SSSR count). The molecule has 0 saturated heterocycles. The van der Waals surface area contributed by atoms with Crippen molar-refractivity contribution in [3.05, 3.63) is 65.2 Å². The first kappa shape index (κ1) is 16.4. The molecule has 6 heteroatoms. The Morgan fingerprint density at radius 2 is 1.58 bits per heavy atom. The van der Waals surface area contributed by atoms with Crippen molar-refractivity contribution in [1.29, 1.82) is 0 Å². The van der Waals surface area contributed by atoms with Crippen LogP contribution in [0.2, 0.25) is 0 Å².